The van der Waals surface area contributed by atoms with E-state index in [1.807, 2.05) is 20.8 Å². The van der Waals surface area contributed by atoms with Crippen LogP contribution >= 0.6 is 11.8 Å². The van der Waals surface area contributed by atoms with Gasteiger partial charge in [-0.2, -0.15) is 0 Å². The van der Waals surface area contributed by atoms with E-state index in [1.54, 1.807) is 12.1 Å². The molecule has 0 aliphatic heterocycles. The van der Waals surface area contributed by atoms with Gasteiger partial charge in [-0.25, -0.2) is 4.79 Å². The minimum atomic E-state index is -1.07. The fraction of sp³-hybridized carbons (Fsp3) is 0.467. The van der Waals surface area contributed by atoms with Gasteiger partial charge in [-0.3, -0.25) is 4.79 Å². The second-order valence-corrected chi connectivity index (χ2v) is 7.53. The highest BCUT2D eigenvalue weighted by Crippen LogP contribution is 2.22. The van der Waals surface area contributed by atoms with Crippen molar-refractivity contribution < 1.29 is 19.8 Å². The first kappa shape index (κ1) is 17.4. The molecule has 1 aromatic rings. The number of benzene rings is 1. The Morgan fingerprint density at radius 2 is 1.81 bits per heavy atom. The molecule has 21 heavy (non-hydrogen) atoms. The smallest absolute Gasteiger partial charge is 0.326 e. The number of amides is 1. The van der Waals surface area contributed by atoms with Crippen LogP contribution in [0.15, 0.2) is 24.3 Å². The summed E-state index contributed by atoms with van der Waals surface area (Å²) in [6, 6.07) is 5.29. The van der Waals surface area contributed by atoms with Crippen molar-refractivity contribution in [1.29, 1.82) is 0 Å². The lowest BCUT2D eigenvalue weighted by molar-refractivity contribution is -0.141. The molecule has 3 N–H and O–H groups in total. The van der Waals surface area contributed by atoms with E-state index in [9.17, 15) is 19.8 Å². The molecule has 0 saturated carbocycles. The summed E-state index contributed by atoms with van der Waals surface area (Å²) in [5, 5.41) is 20.9. The molecule has 6 heteroatoms. The molecule has 0 aliphatic carbocycles. The first-order valence-corrected chi connectivity index (χ1v) is 7.60. The first-order chi connectivity index (χ1) is 9.67. The van der Waals surface area contributed by atoms with Gasteiger partial charge in [-0.05, 0) is 17.7 Å². The van der Waals surface area contributed by atoms with Crippen LogP contribution in [0.25, 0.3) is 0 Å². The molecule has 0 bridgehead atoms. The van der Waals surface area contributed by atoms with Crippen molar-refractivity contribution in [3.8, 4) is 5.75 Å². The molecule has 0 radical (unpaired) electrons. The van der Waals surface area contributed by atoms with Gasteiger partial charge in [0.25, 0.3) is 0 Å². The van der Waals surface area contributed by atoms with Crippen LogP contribution in [0.5, 0.6) is 5.75 Å². The molecule has 0 fully saturated rings. The summed E-state index contributed by atoms with van der Waals surface area (Å²) in [6.07, 6.45) is 0.182. The van der Waals surface area contributed by atoms with E-state index in [2.05, 4.69) is 5.32 Å². The number of rotatable bonds is 6. The van der Waals surface area contributed by atoms with Gasteiger partial charge in [0, 0.05) is 11.2 Å². The molecule has 116 valence electrons. The molecule has 0 spiro atoms. The molecule has 5 nitrogen and oxygen atoms in total. The van der Waals surface area contributed by atoms with Crippen molar-refractivity contribution in [2.75, 3.05) is 5.75 Å². The van der Waals surface area contributed by atoms with Crippen LogP contribution in [0.3, 0.4) is 0 Å². The number of aromatic hydroxyl groups is 1. The Hall–Kier alpha value is -1.69. The van der Waals surface area contributed by atoms with E-state index in [4.69, 9.17) is 0 Å². The van der Waals surface area contributed by atoms with Crippen LogP contribution < -0.4 is 5.32 Å². The monoisotopic (exact) mass is 311 g/mol. The van der Waals surface area contributed by atoms with Crippen molar-refractivity contribution in [2.24, 2.45) is 0 Å². The van der Waals surface area contributed by atoms with Crippen LogP contribution in [0.2, 0.25) is 0 Å². The zero-order valence-corrected chi connectivity index (χ0v) is 13.2. The van der Waals surface area contributed by atoms with E-state index in [-0.39, 0.29) is 28.6 Å². The zero-order valence-electron chi connectivity index (χ0n) is 12.4. The van der Waals surface area contributed by atoms with Gasteiger partial charge in [-0.15, -0.1) is 11.8 Å². The number of hydrogen-bond acceptors (Lipinski definition) is 4. The molecule has 1 rings (SSSR count). The number of thioether (sulfide) groups is 1. The predicted molar refractivity (Wildman–Crippen MR) is 83.6 cm³/mol. The van der Waals surface area contributed by atoms with E-state index in [0.717, 1.165) is 5.56 Å². The molecule has 1 aromatic carbocycles. The maximum absolute atomic E-state index is 11.8. The molecule has 0 aromatic heterocycles. The normalized spacial score (nSPS) is 12.7. The van der Waals surface area contributed by atoms with E-state index >= 15 is 0 Å². The third kappa shape index (κ3) is 7.04. The molecule has 0 unspecified atom stereocenters. The Morgan fingerprint density at radius 1 is 1.24 bits per heavy atom. The first-order valence-electron chi connectivity index (χ1n) is 6.61. The Balaban J connectivity index is 2.59. The van der Waals surface area contributed by atoms with Gasteiger partial charge in [0.1, 0.15) is 11.8 Å². The molecule has 0 heterocycles. The molecule has 0 aliphatic rings. The lowest BCUT2D eigenvalue weighted by Crippen LogP contribution is -2.43. The van der Waals surface area contributed by atoms with Crippen molar-refractivity contribution in [3.05, 3.63) is 29.8 Å². The fourth-order valence-electron chi connectivity index (χ4n) is 1.59. The van der Waals surface area contributed by atoms with Crippen molar-refractivity contribution in [3.63, 3.8) is 0 Å². The van der Waals surface area contributed by atoms with Crippen LogP contribution in [0.1, 0.15) is 26.3 Å². The van der Waals surface area contributed by atoms with Crippen molar-refractivity contribution in [2.45, 2.75) is 38.0 Å². The molecule has 0 saturated heterocycles. The minimum Gasteiger partial charge on any atom is -0.508 e. The number of aliphatic carboxylic acids is 1. The maximum Gasteiger partial charge on any atom is 0.326 e. The number of carbonyl (C=O) groups excluding carboxylic acids is 1. The number of carboxylic acid groups (broad SMARTS) is 1. The van der Waals surface area contributed by atoms with Crippen LogP contribution in [-0.2, 0) is 16.0 Å². The quantitative estimate of drug-likeness (QED) is 0.748. The summed E-state index contributed by atoms with van der Waals surface area (Å²) in [4.78, 5) is 23.1. The average Bonchev–Trinajstić information content (AvgIpc) is 2.37. The highest BCUT2D eigenvalue weighted by atomic mass is 32.2. The highest BCUT2D eigenvalue weighted by molar-refractivity contribution is 8.01. The van der Waals surface area contributed by atoms with Crippen LogP contribution in [-0.4, -0.2) is 38.6 Å². The topological polar surface area (TPSA) is 86.6 Å². The van der Waals surface area contributed by atoms with Crippen LogP contribution in [0.4, 0.5) is 0 Å². The average molecular weight is 311 g/mol. The predicted octanol–water partition coefficient (Wildman–Crippen LogP) is 2.04. The van der Waals surface area contributed by atoms with Crippen LogP contribution in [0, 0.1) is 0 Å². The van der Waals surface area contributed by atoms with Gasteiger partial charge >= 0.3 is 5.97 Å². The number of phenolic OH excluding ortho intramolecular Hbond substituents is 1. The molecule has 1 atom stereocenters. The van der Waals surface area contributed by atoms with E-state index in [1.165, 1.54) is 23.9 Å². The summed E-state index contributed by atoms with van der Waals surface area (Å²) in [5.74, 6) is -1.02. The number of nitrogens with one attached hydrogen (secondary N) is 1. The van der Waals surface area contributed by atoms with Crippen molar-refractivity contribution >= 4 is 23.6 Å². The summed E-state index contributed by atoms with van der Waals surface area (Å²) in [5.41, 5.74) is 0.740. The third-order valence-electron chi connectivity index (χ3n) is 2.65. The van der Waals surface area contributed by atoms with Gasteiger partial charge < -0.3 is 15.5 Å². The summed E-state index contributed by atoms with van der Waals surface area (Å²) >= 11 is 1.47. The Kier molecular flexibility index (Phi) is 6.08. The second kappa shape index (κ2) is 7.36. The Bertz CT molecular complexity index is 493. The molecular weight excluding hydrogens is 290 g/mol. The van der Waals surface area contributed by atoms with Gasteiger partial charge in [0.05, 0.1) is 5.75 Å². The third-order valence-corrected chi connectivity index (χ3v) is 3.92. The Labute approximate surface area is 128 Å². The second-order valence-electron chi connectivity index (χ2n) is 5.73. The number of carboxylic acids is 1. The lowest BCUT2D eigenvalue weighted by atomic mass is 10.1. The van der Waals surface area contributed by atoms with E-state index < -0.39 is 12.0 Å². The van der Waals surface area contributed by atoms with E-state index in [0.29, 0.717) is 0 Å². The Morgan fingerprint density at radius 3 is 2.29 bits per heavy atom. The summed E-state index contributed by atoms with van der Waals surface area (Å²) < 4.78 is -0.0486. The highest BCUT2D eigenvalue weighted by Gasteiger charge is 2.21. The number of carbonyl (C=O) groups is 2. The van der Waals surface area contributed by atoms with Gasteiger partial charge in [-0.1, -0.05) is 32.9 Å². The maximum atomic E-state index is 11.8. The van der Waals surface area contributed by atoms with Crippen molar-refractivity contribution in [1.82, 2.24) is 5.32 Å². The fourth-order valence-corrected chi connectivity index (χ4v) is 2.23. The summed E-state index contributed by atoms with van der Waals surface area (Å²) in [6.45, 7) is 5.99. The lowest BCUT2D eigenvalue weighted by Gasteiger charge is -2.19. The zero-order chi connectivity index (χ0) is 16.0. The largest absolute Gasteiger partial charge is 0.508 e. The van der Waals surface area contributed by atoms with Gasteiger partial charge in [0.2, 0.25) is 5.91 Å². The SMILES string of the molecule is CC(C)(C)SCC(=O)N[C@@H](Cc1ccc(O)cc1)C(=O)O. The van der Waals surface area contributed by atoms with Gasteiger partial charge in [0.15, 0.2) is 0 Å². The number of phenols is 1. The molecular formula is C15H21NO4S. The minimum absolute atomic E-state index is 0.0486. The standard InChI is InChI=1S/C15H21NO4S/c1-15(2,3)21-9-13(18)16-12(14(19)20)8-10-4-6-11(17)7-5-10/h4-7,12,17H,8-9H2,1-3H3,(H,16,18)(H,19,20)/t12-/m0/s1. The summed E-state index contributed by atoms with van der Waals surface area (Å²) in [7, 11) is 0. The number of hydrogen-bond donors (Lipinski definition) is 3. The molecule has 1 amide bonds.